The normalized spacial score (nSPS) is 15.0. The predicted molar refractivity (Wildman–Crippen MR) is 98.0 cm³/mol. The maximum absolute atomic E-state index is 13.0. The average molecular weight is 420 g/mol. The van der Waals surface area contributed by atoms with Gasteiger partial charge in [-0.05, 0) is 65.1 Å². The number of hydrogen-bond acceptors (Lipinski definition) is 3. The minimum atomic E-state index is -0.429. The van der Waals surface area contributed by atoms with E-state index < -0.39 is 4.92 Å². The first-order valence-electron chi connectivity index (χ1n) is 7.49. The van der Waals surface area contributed by atoms with Gasteiger partial charge in [0.15, 0.2) is 5.43 Å². The van der Waals surface area contributed by atoms with Gasteiger partial charge in [0.2, 0.25) is 0 Å². The number of nitrogens with one attached hydrogen (secondary N) is 1. The standard InChI is InChI=1S/C17H13IN2O3/c18-10-4-6-13-12(8-10)17(21)15-11(9-2-1-3-9)5-7-14(20(22)23)16(15)19-13/h4-9H,1-3H2,(H,19,21). The number of aromatic nitrogens is 1. The maximum atomic E-state index is 13.0. The number of halogens is 1. The van der Waals surface area contributed by atoms with Gasteiger partial charge in [-0.1, -0.05) is 12.5 Å². The van der Waals surface area contributed by atoms with E-state index in [1.54, 1.807) is 12.1 Å². The first-order valence-corrected chi connectivity index (χ1v) is 8.56. The molecule has 0 amide bonds. The van der Waals surface area contributed by atoms with Crippen molar-refractivity contribution in [2.75, 3.05) is 0 Å². The van der Waals surface area contributed by atoms with Crippen molar-refractivity contribution in [2.45, 2.75) is 25.2 Å². The van der Waals surface area contributed by atoms with Crippen LogP contribution in [0.2, 0.25) is 0 Å². The molecule has 0 spiro atoms. The van der Waals surface area contributed by atoms with Crippen molar-refractivity contribution in [1.82, 2.24) is 4.98 Å². The second-order valence-corrected chi connectivity index (χ2v) is 7.20. The number of nitro groups is 1. The molecule has 23 heavy (non-hydrogen) atoms. The van der Waals surface area contributed by atoms with Crippen LogP contribution in [0, 0.1) is 13.7 Å². The Morgan fingerprint density at radius 3 is 2.65 bits per heavy atom. The number of H-pyrrole nitrogens is 1. The van der Waals surface area contributed by atoms with Gasteiger partial charge in [-0.3, -0.25) is 14.9 Å². The molecule has 116 valence electrons. The molecular weight excluding hydrogens is 407 g/mol. The highest BCUT2D eigenvalue weighted by Gasteiger charge is 2.26. The molecule has 1 aliphatic rings. The van der Waals surface area contributed by atoms with E-state index in [9.17, 15) is 14.9 Å². The number of benzene rings is 2. The summed E-state index contributed by atoms with van der Waals surface area (Å²) in [6.07, 6.45) is 3.22. The van der Waals surface area contributed by atoms with Crippen molar-refractivity contribution in [1.29, 1.82) is 0 Å². The van der Waals surface area contributed by atoms with Crippen LogP contribution in [0.5, 0.6) is 0 Å². The lowest BCUT2D eigenvalue weighted by Crippen LogP contribution is -2.15. The number of nitrogens with zero attached hydrogens (tertiary/aromatic N) is 1. The molecule has 2 aromatic carbocycles. The molecular formula is C17H13IN2O3. The summed E-state index contributed by atoms with van der Waals surface area (Å²) in [5, 5.41) is 12.4. The lowest BCUT2D eigenvalue weighted by molar-refractivity contribution is -0.383. The van der Waals surface area contributed by atoms with Crippen LogP contribution in [-0.2, 0) is 0 Å². The highest BCUT2D eigenvalue weighted by molar-refractivity contribution is 14.1. The Bertz CT molecular complexity index is 1020. The molecule has 3 aromatic rings. The zero-order valence-electron chi connectivity index (χ0n) is 12.1. The first kappa shape index (κ1) is 14.6. The number of nitro benzene ring substituents is 1. The molecule has 1 saturated carbocycles. The number of pyridine rings is 1. The summed E-state index contributed by atoms with van der Waals surface area (Å²) < 4.78 is 0.968. The Morgan fingerprint density at radius 1 is 1.22 bits per heavy atom. The number of non-ortho nitro benzene ring substituents is 1. The summed E-state index contributed by atoms with van der Waals surface area (Å²) in [5.74, 6) is 0.333. The lowest BCUT2D eigenvalue weighted by Gasteiger charge is -2.26. The second kappa shape index (κ2) is 5.30. The van der Waals surface area contributed by atoms with Gasteiger partial charge in [-0.25, -0.2) is 0 Å². The van der Waals surface area contributed by atoms with Crippen LogP contribution in [0.1, 0.15) is 30.7 Å². The van der Waals surface area contributed by atoms with Gasteiger partial charge in [-0.2, -0.15) is 0 Å². The molecule has 0 aliphatic heterocycles. The van der Waals surface area contributed by atoms with Crippen molar-refractivity contribution < 1.29 is 4.92 Å². The van der Waals surface area contributed by atoms with Gasteiger partial charge in [0, 0.05) is 20.5 Å². The zero-order chi connectivity index (χ0) is 16.1. The Morgan fingerprint density at radius 2 is 2.00 bits per heavy atom. The molecule has 1 N–H and O–H groups in total. The zero-order valence-corrected chi connectivity index (χ0v) is 14.3. The van der Waals surface area contributed by atoms with Gasteiger partial charge < -0.3 is 4.98 Å². The van der Waals surface area contributed by atoms with E-state index in [4.69, 9.17) is 0 Å². The third-order valence-corrected chi connectivity index (χ3v) is 5.34. The molecule has 1 aromatic heterocycles. The topological polar surface area (TPSA) is 76.0 Å². The molecule has 0 unspecified atom stereocenters. The summed E-state index contributed by atoms with van der Waals surface area (Å²) in [6.45, 7) is 0. The fourth-order valence-electron chi connectivity index (χ4n) is 3.27. The van der Waals surface area contributed by atoms with Crippen molar-refractivity contribution >= 4 is 50.1 Å². The number of rotatable bonds is 2. The molecule has 1 heterocycles. The van der Waals surface area contributed by atoms with Gasteiger partial charge in [0.25, 0.3) is 5.69 Å². The largest absolute Gasteiger partial charge is 0.349 e. The van der Waals surface area contributed by atoms with E-state index in [1.165, 1.54) is 6.07 Å². The maximum Gasteiger partial charge on any atom is 0.293 e. The van der Waals surface area contributed by atoms with Crippen LogP contribution in [0.15, 0.2) is 35.1 Å². The van der Waals surface area contributed by atoms with Gasteiger partial charge >= 0.3 is 0 Å². The van der Waals surface area contributed by atoms with E-state index in [0.717, 1.165) is 28.4 Å². The van der Waals surface area contributed by atoms with Gasteiger partial charge in [-0.15, -0.1) is 0 Å². The smallest absolute Gasteiger partial charge is 0.293 e. The van der Waals surface area contributed by atoms with Gasteiger partial charge in [0.05, 0.1) is 10.3 Å². The average Bonchev–Trinajstić information content (AvgIpc) is 2.46. The quantitative estimate of drug-likeness (QED) is 0.288. The SMILES string of the molecule is O=c1c2cc(I)ccc2[nH]c2c([N+](=O)[O-])ccc(C3CCC3)c12. The monoisotopic (exact) mass is 420 g/mol. The highest BCUT2D eigenvalue weighted by atomic mass is 127. The van der Waals surface area contributed by atoms with E-state index in [-0.39, 0.29) is 11.1 Å². The van der Waals surface area contributed by atoms with Crippen molar-refractivity contribution in [3.8, 4) is 0 Å². The van der Waals surface area contributed by atoms with Crippen LogP contribution in [0.3, 0.4) is 0 Å². The van der Waals surface area contributed by atoms with Crippen molar-refractivity contribution in [2.24, 2.45) is 0 Å². The molecule has 0 atom stereocenters. The number of aromatic amines is 1. The van der Waals surface area contributed by atoms with E-state index in [2.05, 4.69) is 27.6 Å². The summed E-state index contributed by atoms with van der Waals surface area (Å²) in [4.78, 5) is 27.1. The lowest BCUT2D eigenvalue weighted by atomic mass is 9.78. The summed E-state index contributed by atoms with van der Waals surface area (Å²) in [7, 11) is 0. The van der Waals surface area contributed by atoms with Crippen LogP contribution in [0.4, 0.5) is 5.69 Å². The fourth-order valence-corrected chi connectivity index (χ4v) is 3.76. The first-order chi connectivity index (χ1) is 11.1. The molecule has 1 fully saturated rings. The van der Waals surface area contributed by atoms with E-state index >= 15 is 0 Å². The highest BCUT2D eigenvalue weighted by Crippen LogP contribution is 2.40. The van der Waals surface area contributed by atoms with Crippen molar-refractivity contribution in [3.05, 3.63) is 59.8 Å². The Hall–Kier alpha value is -1.96. The third kappa shape index (κ3) is 2.23. The molecule has 6 heteroatoms. The van der Waals surface area contributed by atoms with E-state index in [1.807, 2.05) is 12.1 Å². The van der Waals surface area contributed by atoms with Crippen LogP contribution < -0.4 is 5.43 Å². The van der Waals surface area contributed by atoms with Gasteiger partial charge in [0.1, 0.15) is 5.52 Å². The Balaban J connectivity index is 2.19. The third-order valence-electron chi connectivity index (χ3n) is 4.67. The Labute approximate surface area is 145 Å². The summed E-state index contributed by atoms with van der Waals surface area (Å²) in [6, 6.07) is 8.80. The van der Waals surface area contributed by atoms with Crippen LogP contribution >= 0.6 is 22.6 Å². The van der Waals surface area contributed by atoms with Crippen LogP contribution in [0.25, 0.3) is 21.8 Å². The van der Waals surface area contributed by atoms with Crippen LogP contribution in [-0.4, -0.2) is 9.91 Å². The molecule has 0 saturated heterocycles. The Kier molecular flexibility index (Phi) is 3.37. The molecule has 5 nitrogen and oxygen atoms in total. The summed E-state index contributed by atoms with van der Waals surface area (Å²) >= 11 is 2.17. The summed E-state index contributed by atoms with van der Waals surface area (Å²) in [5.41, 5.74) is 1.77. The minimum absolute atomic E-state index is 0.0411. The predicted octanol–water partition coefficient (Wildman–Crippen LogP) is 4.46. The number of fused-ring (bicyclic) bond motifs is 2. The number of hydrogen-bond donors (Lipinski definition) is 1. The minimum Gasteiger partial charge on any atom is -0.349 e. The molecule has 4 rings (SSSR count). The van der Waals surface area contributed by atoms with E-state index in [0.29, 0.717) is 27.7 Å². The second-order valence-electron chi connectivity index (χ2n) is 5.95. The van der Waals surface area contributed by atoms with Crippen molar-refractivity contribution in [3.63, 3.8) is 0 Å². The fraction of sp³-hybridized carbons (Fsp3) is 0.235. The molecule has 0 bridgehead atoms. The molecule has 0 radical (unpaired) electrons. The molecule has 1 aliphatic carbocycles.